The van der Waals surface area contributed by atoms with Crippen LogP contribution in [0.4, 0.5) is 9.93 Å². The Morgan fingerprint density at radius 3 is 2.88 bits per heavy atom. The highest BCUT2D eigenvalue weighted by Crippen LogP contribution is 2.65. The van der Waals surface area contributed by atoms with Crippen LogP contribution in [-0.2, 0) is 11.2 Å². The molecule has 6 nitrogen and oxygen atoms in total. The highest BCUT2D eigenvalue weighted by atomic mass is 32.1. The minimum atomic E-state index is -0.109. The molecule has 7 heteroatoms. The van der Waals surface area contributed by atoms with Gasteiger partial charge in [-0.15, -0.1) is 11.3 Å². The summed E-state index contributed by atoms with van der Waals surface area (Å²) >= 11 is 1.42. The number of amides is 3. The molecule has 2 heterocycles. The number of urea groups is 1. The second-order valence-electron chi connectivity index (χ2n) is 8.41. The van der Waals surface area contributed by atoms with Crippen LogP contribution >= 0.6 is 11.3 Å². The smallest absolute Gasteiger partial charge is 0.323 e. The third kappa shape index (κ3) is 2.55. The summed E-state index contributed by atoms with van der Waals surface area (Å²) in [5.74, 6) is 0.750. The molecule has 2 bridgehead atoms. The minimum Gasteiger partial charge on any atom is -0.352 e. The van der Waals surface area contributed by atoms with Crippen molar-refractivity contribution in [2.45, 2.75) is 52.5 Å². The van der Waals surface area contributed by atoms with E-state index in [1.165, 1.54) is 24.2 Å². The Morgan fingerprint density at radius 1 is 1.48 bits per heavy atom. The van der Waals surface area contributed by atoms with E-state index in [9.17, 15) is 9.59 Å². The van der Waals surface area contributed by atoms with E-state index >= 15 is 0 Å². The summed E-state index contributed by atoms with van der Waals surface area (Å²) in [7, 11) is 0. The van der Waals surface area contributed by atoms with Crippen LogP contribution in [0.1, 0.15) is 45.7 Å². The van der Waals surface area contributed by atoms with Crippen LogP contribution in [0.3, 0.4) is 0 Å². The van der Waals surface area contributed by atoms with Crippen molar-refractivity contribution in [3.8, 4) is 0 Å². The van der Waals surface area contributed by atoms with Gasteiger partial charge in [0.1, 0.15) is 0 Å². The number of carbonyl (C=O) groups excluding carboxylic acids is 2. The topological polar surface area (TPSA) is 74.3 Å². The first-order valence-corrected chi connectivity index (χ1v) is 9.98. The first-order chi connectivity index (χ1) is 11.8. The monoisotopic (exact) mass is 362 g/mol. The van der Waals surface area contributed by atoms with E-state index in [0.29, 0.717) is 29.6 Å². The summed E-state index contributed by atoms with van der Waals surface area (Å²) in [6, 6.07) is 0.152. The third-order valence-corrected chi connectivity index (χ3v) is 8.01. The molecular formula is C18H26N4O2S. The average Bonchev–Trinajstić information content (AvgIpc) is 3.25. The van der Waals surface area contributed by atoms with Gasteiger partial charge in [0.2, 0.25) is 5.91 Å². The van der Waals surface area contributed by atoms with E-state index in [0.717, 1.165) is 12.1 Å². The van der Waals surface area contributed by atoms with Crippen molar-refractivity contribution in [3.63, 3.8) is 0 Å². The molecule has 25 heavy (non-hydrogen) atoms. The second-order valence-corrected chi connectivity index (χ2v) is 9.25. The highest BCUT2D eigenvalue weighted by Gasteiger charge is 2.61. The number of nitrogens with one attached hydrogen (secondary N) is 2. The summed E-state index contributed by atoms with van der Waals surface area (Å²) in [6.45, 7) is 8.31. The standard InChI is InChI=1S/C18H26N4O2S/c1-17(2)11-4-5-18(17,3)13(8-11)21-14(23)9-12-10-25-16(20-12)22-7-6-19-15(22)24/h10-11,13H,4-9H2,1-3H3,(H,19,24)(H,21,23)/t11-,13-,18-/m0/s1. The van der Waals surface area contributed by atoms with Gasteiger partial charge in [-0.2, -0.15) is 0 Å². The number of hydrogen-bond donors (Lipinski definition) is 2. The van der Waals surface area contributed by atoms with Crippen LogP contribution in [0.2, 0.25) is 0 Å². The molecule has 2 aliphatic carbocycles. The maximum Gasteiger partial charge on any atom is 0.323 e. The Hall–Kier alpha value is -1.63. The summed E-state index contributed by atoms with van der Waals surface area (Å²) in [5.41, 5.74) is 1.22. The molecule has 2 saturated carbocycles. The van der Waals surface area contributed by atoms with Gasteiger partial charge < -0.3 is 10.6 Å². The van der Waals surface area contributed by atoms with E-state index in [1.807, 2.05) is 5.38 Å². The molecule has 0 spiro atoms. The number of carbonyl (C=O) groups is 2. The maximum atomic E-state index is 12.6. The fourth-order valence-corrected chi connectivity index (χ4v) is 5.84. The molecule has 3 amide bonds. The van der Waals surface area contributed by atoms with Crippen molar-refractivity contribution in [1.29, 1.82) is 0 Å². The number of rotatable bonds is 4. The lowest BCUT2D eigenvalue weighted by atomic mass is 9.69. The average molecular weight is 362 g/mol. The van der Waals surface area contributed by atoms with Gasteiger partial charge in [-0.1, -0.05) is 20.8 Å². The number of anilines is 1. The molecule has 4 rings (SSSR count). The molecule has 0 unspecified atom stereocenters. The Morgan fingerprint density at radius 2 is 2.28 bits per heavy atom. The zero-order valence-electron chi connectivity index (χ0n) is 15.1. The maximum absolute atomic E-state index is 12.6. The zero-order valence-corrected chi connectivity index (χ0v) is 15.9. The minimum absolute atomic E-state index is 0.0392. The van der Waals surface area contributed by atoms with Crippen molar-refractivity contribution in [2.24, 2.45) is 16.7 Å². The van der Waals surface area contributed by atoms with Gasteiger partial charge in [0, 0.05) is 24.5 Å². The molecule has 1 saturated heterocycles. The number of aromatic nitrogens is 1. The number of nitrogens with zero attached hydrogens (tertiary/aromatic N) is 2. The molecule has 3 fully saturated rings. The van der Waals surface area contributed by atoms with Crippen molar-refractivity contribution in [2.75, 3.05) is 18.0 Å². The lowest BCUT2D eigenvalue weighted by Crippen LogP contribution is -2.47. The summed E-state index contributed by atoms with van der Waals surface area (Å²) < 4.78 is 0. The van der Waals surface area contributed by atoms with Crippen molar-refractivity contribution >= 4 is 28.4 Å². The summed E-state index contributed by atoms with van der Waals surface area (Å²) in [4.78, 5) is 30.4. The van der Waals surface area contributed by atoms with E-state index in [1.54, 1.807) is 4.90 Å². The van der Waals surface area contributed by atoms with Gasteiger partial charge in [0.05, 0.1) is 12.1 Å². The molecule has 3 aliphatic rings. The Bertz CT molecular complexity index is 716. The summed E-state index contributed by atoms with van der Waals surface area (Å²) in [5, 5.41) is 8.60. The van der Waals surface area contributed by atoms with Crippen LogP contribution in [-0.4, -0.2) is 36.1 Å². The zero-order chi connectivity index (χ0) is 17.8. The number of thiazole rings is 1. The SMILES string of the molecule is CC1(C)[C@H]2CC[C@@]1(C)[C@@H](NC(=O)Cc1csc(N3CCNC3=O)n1)C2. The van der Waals surface area contributed by atoms with Crippen LogP contribution in [0.25, 0.3) is 0 Å². The molecule has 0 radical (unpaired) electrons. The third-order valence-electron chi connectivity index (χ3n) is 7.10. The van der Waals surface area contributed by atoms with E-state index in [2.05, 4.69) is 36.4 Å². The predicted octanol–water partition coefficient (Wildman–Crippen LogP) is 2.55. The van der Waals surface area contributed by atoms with Gasteiger partial charge in [-0.3, -0.25) is 9.69 Å². The van der Waals surface area contributed by atoms with Crippen LogP contribution in [0.15, 0.2) is 5.38 Å². The van der Waals surface area contributed by atoms with E-state index in [-0.39, 0.29) is 29.8 Å². The van der Waals surface area contributed by atoms with Crippen LogP contribution in [0, 0.1) is 16.7 Å². The van der Waals surface area contributed by atoms with Gasteiger partial charge in [0.25, 0.3) is 0 Å². The fourth-order valence-electron chi connectivity index (χ4n) is 4.99. The lowest BCUT2D eigenvalue weighted by Gasteiger charge is -2.39. The molecule has 3 atom stereocenters. The van der Waals surface area contributed by atoms with Crippen molar-refractivity contribution in [3.05, 3.63) is 11.1 Å². The Labute approximate surface area is 152 Å². The quantitative estimate of drug-likeness (QED) is 0.864. The van der Waals surface area contributed by atoms with Crippen LogP contribution in [0.5, 0.6) is 0 Å². The van der Waals surface area contributed by atoms with E-state index in [4.69, 9.17) is 0 Å². The Kier molecular flexibility index (Phi) is 3.83. The van der Waals surface area contributed by atoms with Crippen molar-refractivity contribution < 1.29 is 9.59 Å². The van der Waals surface area contributed by atoms with Gasteiger partial charge in [-0.05, 0) is 36.0 Å². The molecular weight excluding hydrogens is 336 g/mol. The molecule has 0 aromatic carbocycles. The molecule has 2 N–H and O–H groups in total. The first-order valence-electron chi connectivity index (χ1n) is 9.10. The predicted molar refractivity (Wildman–Crippen MR) is 97.7 cm³/mol. The number of hydrogen-bond acceptors (Lipinski definition) is 4. The van der Waals surface area contributed by atoms with Gasteiger partial charge in [0.15, 0.2) is 5.13 Å². The van der Waals surface area contributed by atoms with Gasteiger partial charge >= 0.3 is 6.03 Å². The highest BCUT2D eigenvalue weighted by molar-refractivity contribution is 7.14. The fraction of sp³-hybridized carbons (Fsp3) is 0.722. The Balaban J connectivity index is 1.39. The van der Waals surface area contributed by atoms with Gasteiger partial charge in [-0.25, -0.2) is 9.78 Å². The van der Waals surface area contributed by atoms with Crippen molar-refractivity contribution in [1.82, 2.24) is 15.6 Å². The normalized spacial score (nSPS) is 32.9. The van der Waals surface area contributed by atoms with Crippen LogP contribution < -0.4 is 15.5 Å². The summed E-state index contributed by atoms with van der Waals surface area (Å²) in [6.07, 6.45) is 3.85. The van der Waals surface area contributed by atoms with E-state index < -0.39 is 0 Å². The largest absolute Gasteiger partial charge is 0.352 e. The first kappa shape index (κ1) is 16.8. The molecule has 1 aliphatic heterocycles. The molecule has 136 valence electrons. The molecule has 1 aromatic rings. The lowest BCUT2D eigenvalue weighted by molar-refractivity contribution is -0.122. The second kappa shape index (κ2) is 5.69. The number of fused-ring (bicyclic) bond motifs is 2. The molecule has 1 aromatic heterocycles.